The van der Waals surface area contributed by atoms with Crippen LogP contribution in [-0.4, -0.2) is 29.4 Å². The molecule has 0 bridgehead atoms. The van der Waals surface area contributed by atoms with Gasteiger partial charge in [0.1, 0.15) is 6.04 Å². The average Bonchev–Trinajstić information content (AvgIpc) is 2.97. The summed E-state index contributed by atoms with van der Waals surface area (Å²) in [6, 6.07) is 11.7. The third kappa shape index (κ3) is 4.44. The number of hydrogen-bond acceptors (Lipinski definition) is 3. The summed E-state index contributed by atoms with van der Waals surface area (Å²) < 4.78 is 0. The smallest absolute Gasteiger partial charge is 0.225 e. The first kappa shape index (κ1) is 15.3. The van der Waals surface area contributed by atoms with Crippen molar-refractivity contribution < 1.29 is 4.79 Å². The molecule has 1 aliphatic heterocycles. The molecule has 0 spiro atoms. The first-order chi connectivity index (χ1) is 10.2. The van der Waals surface area contributed by atoms with E-state index in [0.717, 1.165) is 18.4 Å². The van der Waals surface area contributed by atoms with Crippen LogP contribution in [0.15, 0.2) is 36.4 Å². The fraction of sp³-hybridized carbons (Fsp3) is 0.412. The Kier molecular flexibility index (Phi) is 5.53. The quantitative estimate of drug-likeness (QED) is 0.901. The summed E-state index contributed by atoms with van der Waals surface area (Å²) in [6.45, 7) is 0.684. The lowest BCUT2D eigenvalue weighted by Crippen LogP contribution is -2.38. The number of carbonyl (C=O) groups is 1. The van der Waals surface area contributed by atoms with Gasteiger partial charge in [0.2, 0.25) is 5.91 Å². The van der Waals surface area contributed by atoms with Crippen LogP contribution < -0.4 is 5.73 Å². The van der Waals surface area contributed by atoms with Gasteiger partial charge in [0.15, 0.2) is 0 Å². The summed E-state index contributed by atoms with van der Waals surface area (Å²) in [5, 5.41) is 9.00. The molecule has 4 nitrogen and oxygen atoms in total. The molecule has 4 heteroatoms. The number of nitrogens with zero attached hydrogens (tertiary/aromatic N) is 2. The molecule has 2 N–H and O–H groups in total. The van der Waals surface area contributed by atoms with Crippen LogP contribution in [0.1, 0.15) is 31.2 Å². The van der Waals surface area contributed by atoms with Crippen LogP contribution in [0.25, 0.3) is 6.08 Å². The molecule has 1 fully saturated rings. The van der Waals surface area contributed by atoms with Gasteiger partial charge < -0.3 is 10.6 Å². The number of likely N-dealkylation sites (tertiary alicyclic amines) is 1. The van der Waals surface area contributed by atoms with Crippen LogP contribution in [0.4, 0.5) is 0 Å². The largest absolute Gasteiger partial charge is 0.327 e. The zero-order valence-electron chi connectivity index (χ0n) is 12.1. The number of benzene rings is 1. The summed E-state index contributed by atoms with van der Waals surface area (Å²) >= 11 is 0. The molecule has 0 aliphatic carbocycles. The molecule has 0 aromatic heterocycles. The molecule has 110 valence electrons. The van der Waals surface area contributed by atoms with Crippen LogP contribution in [0.3, 0.4) is 0 Å². The molecule has 1 saturated heterocycles. The summed E-state index contributed by atoms with van der Waals surface area (Å²) in [4.78, 5) is 13.8. The monoisotopic (exact) mass is 283 g/mol. The third-order valence-corrected chi connectivity index (χ3v) is 3.71. The predicted octanol–water partition coefficient (Wildman–Crippen LogP) is 2.32. The van der Waals surface area contributed by atoms with Crippen molar-refractivity contribution in [3.63, 3.8) is 0 Å². The lowest BCUT2D eigenvalue weighted by molar-refractivity contribution is -0.131. The Balaban J connectivity index is 1.79. The van der Waals surface area contributed by atoms with Crippen LogP contribution in [0.5, 0.6) is 0 Å². The van der Waals surface area contributed by atoms with Gasteiger partial charge in [0, 0.05) is 19.0 Å². The van der Waals surface area contributed by atoms with Crippen molar-refractivity contribution in [1.29, 1.82) is 5.26 Å². The average molecular weight is 283 g/mol. The van der Waals surface area contributed by atoms with Crippen molar-refractivity contribution in [3.05, 3.63) is 42.0 Å². The van der Waals surface area contributed by atoms with Crippen molar-refractivity contribution in [2.45, 2.75) is 37.8 Å². The zero-order valence-corrected chi connectivity index (χ0v) is 12.1. The minimum Gasteiger partial charge on any atom is -0.327 e. The normalized spacial score (nSPS) is 19.6. The van der Waals surface area contributed by atoms with Crippen LogP contribution in [-0.2, 0) is 4.79 Å². The summed E-state index contributed by atoms with van der Waals surface area (Å²) in [5.74, 6) is -0.000314. The fourth-order valence-corrected chi connectivity index (χ4v) is 2.57. The molecule has 1 aromatic carbocycles. The minimum atomic E-state index is -0.260. The molecule has 0 saturated carbocycles. The van der Waals surface area contributed by atoms with E-state index in [2.05, 4.69) is 6.07 Å². The first-order valence-corrected chi connectivity index (χ1v) is 7.37. The summed E-state index contributed by atoms with van der Waals surface area (Å²) in [7, 11) is 0. The van der Waals surface area contributed by atoms with E-state index >= 15 is 0 Å². The lowest BCUT2D eigenvalue weighted by Gasteiger charge is -2.21. The second-order valence-electron chi connectivity index (χ2n) is 5.39. The minimum absolute atomic E-state index is 0.000314. The molecule has 1 unspecified atom stereocenters. The molecule has 1 heterocycles. The number of amides is 1. The van der Waals surface area contributed by atoms with Crippen molar-refractivity contribution in [2.24, 2.45) is 5.73 Å². The Hall–Kier alpha value is -2.12. The predicted molar refractivity (Wildman–Crippen MR) is 83.0 cm³/mol. The van der Waals surface area contributed by atoms with Crippen LogP contribution in [0.2, 0.25) is 0 Å². The Morgan fingerprint density at radius 1 is 1.48 bits per heavy atom. The number of nitrogens with two attached hydrogens (primary N) is 1. The topological polar surface area (TPSA) is 70.1 Å². The highest BCUT2D eigenvalue weighted by Crippen LogP contribution is 2.18. The van der Waals surface area contributed by atoms with E-state index in [0.29, 0.717) is 19.4 Å². The van der Waals surface area contributed by atoms with Crippen molar-refractivity contribution in [3.8, 4) is 6.07 Å². The maximum absolute atomic E-state index is 12.1. The molecular formula is C17H21N3O. The highest BCUT2D eigenvalue weighted by atomic mass is 16.2. The molecular weight excluding hydrogens is 262 g/mol. The van der Waals surface area contributed by atoms with Gasteiger partial charge in [-0.25, -0.2) is 0 Å². The number of rotatable bonds is 5. The van der Waals surface area contributed by atoms with Crippen LogP contribution >= 0.6 is 0 Å². The summed E-state index contributed by atoms with van der Waals surface area (Å²) in [6.07, 6.45) is 6.67. The standard InChI is InChI=1S/C17H21N3O/c18-13-16-10-5-11-20(16)17(21)12-15(19)9-4-8-14-6-2-1-3-7-14/h1-4,6-8,15-16H,5,9-12,19H2/b8-4+/t15?,16-/m0/s1. The molecule has 21 heavy (non-hydrogen) atoms. The van der Waals surface area contributed by atoms with Crippen molar-refractivity contribution in [1.82, 2.24) is 4.90 Å². The Bertz CT molecular complexity index is 533. The van der Waals surface area contributed by atoms with Crippen LogP contribution in [0, 0.1) is 11.3 Å². The van der Waals surface area contributed by atoms with Gasteiger partial charge >= 0.3 is 0 Å². The van der Waals surface area contributed by atoms with Crippen molar-refractivity contribution in [2.75, 3.05) is 6.54 Å². The van der Waals surface area contributed by atoms with Gasteiger partial charge in [-0.15, -0.1) is 0 Å². The third-order valence-electron chi connectivity index (χ3n) is 3.71. The molecule has 2 atom stereocenters. The van der Waals surface area contributed by atoms with E-state index in [-0.39, 0.29) is 18.0 Å². The van der Waals surface area contributed by atoms with Gasteiger partial charge in [-0.2, -0.15) is 5.26 Å². The Morgan fingerprint density at radius 3 is 2.95 bits per heavy atom. The maximum Gasteiger partial charge on any atom is 0.225 e. The van der Waals surface area contributed by atoms with E-state index in [4.69, 9.17) is 11.0 Å². The molecule has 0 radical (unpaired) electrons. The van der Waals surface area contributed by atoms with E-state index in [1.165, 1.54) is 0 Å². The first-order valence-electron chi connectivity index (χ1n) is 7.37. The van der Waals surface area contributed by atoms with E-state index in [1.54, 1.807) is 4.90 Å². The van der Waals surface area contributed by atoms with Gasteiger partial charge in [0.25, 0.3) is 0 Å². The highest BCUT2D eigenvalue weighted by Gasteiger charge is 2.28. The van der Waals surface area contributed by atoms with E-state index in [1.807, 2.05) is 42.5 Å². The van der Waals surface area contributed by atoms with Gasteiger partial charge in [-0.1, -0.05) is 42.5 Å². The van der Waals surface area contributed by atoms with E-state index in [9.17, 15) is 4.79 Å². The SMILES string of the molecule is N#C[C@@H]1CCCN1C(=O)CC(N)C/C=C/c1ccccc1. The zero-order chi connectivity index (χ0) is 15.1. The second-order valence-corrected chi connectivity index (χ2v) is 5.39. The van der Waals surface area contributed by atoms with E-state index < -0.39 is 0 Å². The highest BCUT2D eigenvalue weighted by molar-refractivity contribution is 5.77. The summed E-state index contributed by atoms with van der Waals surface area (Å²) in [5.41, 5.74) is 7.14. The number of nitriles is 1. The van der Waals surface area contributed by atoms with Gasteiger partial charge in [-0.3, -0.25) is 4.79 Å². The fourth-order valence-electron chi connectivity index (χ4n) is 2.57. The molecule has 1 amide bonds. The number of hydrogen-bond donors (Lipinski definition) is 1. The second kappa shape index (κ2) is 7.61. The van der Waals surface area contributed by atoms with Gasteiger partial charge in [0.05, 0.1) is 6.07 Å². The van der Waals surface area contributed by atoms with Gasteiger partial charge in [-0.05, 0) is 24.8 Å². The maximum atomic E-state index is 12.1. The molecule has 1 aromatic rings. The Morgan fingerprint density at radius 2 is 2.24 bits per heavy atom. The van der Waals surface area contributed by atoms with Crippen molar-refractivity contribution >= 4 is 12.0 Å². The molecule has 1 aliphatic rings. The molecule has 2 rings (SSSR count). The Labute approximate surface area is 125 Å². The number of carbonyl (C=O) groups excluding carboxylic acids is 1. The lowest BCUT2D eigenvalue weighted by atomic mass is 10.1.